The van der Waals surface area contributed by atoms with Gasteiger partial charge >= 0.3 is 5.69 Å². The summed E-state index contributed by atoms with van der Waals surface area (Å²) in [4.78, 5) is 11.9. The minimum absolute atomic E-state index is 0.192. The maximum Gasteiger partial charge on any atom is 0.307 e. The van der Waals surface area contributed by atoms with Crippen molar-refractivity contribution in [3.05, 3.63) is 32.3 Å². The molecule has 1 aromatic carbocycles. The van der Waals surface area contributed by atoms with Gasteiger partial charge in [0.2, 0.25) is 10.0 Å². The second-order valence-electron chi connectivity index (χ2n) is 4.67. The number of benzene rings is 1. The first-order valence-electron chi connectivity index (χ1n) is 6.06. The van der Waals surface area contributed by atoms with Gasteiger partial charge in [-0.15, -0.1) is 0 Å². The lowest BCUT2D eigenvalue weighted by Gasteiger charge is -2.31. The van der Waals surface area contributed by atoms with Crippen molar-refractivity contribution in [3.8, 4) is 0 Å². The highest BCUT2D eigenvalue weighted by atomic mass is 35.5. The number of hydrogen-bond donors (Lipinski definition) is 0. The Bertz CT molecular complexity index is 672. The lowest BCUT2D eigenvalue weighted by atomic mass is 10.3. The number of nitro benzene ring substituents is 1. The highest BCUT2D eigenvalue weighted by Gasteiger charge is 2.33. The second kappa shape index (κ2) is 6.05. The van der Waals surface area contributed by atoms with Crippen LogP contribution in [0.15, 0.2) is 17.0 Å². The third-order valence-electron chi connectivity index (χ3n) is 3.29. The predicted octanol–water partition coefficient (Wildman–Crippen LogP) is 1.84. The van der Waals surface area contributed by atoms with Crippen LogP contribution in [0.25, 0.3) is 0 Å². The van der Waals surface area contributed by atoms with E-state index in [1.165, 1.54) is 16.4 Å². The van der Waals surface area contributed by atoms with Crippen molar-refractivity contribution in [1.29, 1.82) is 0 Å². The van der Waals surface area contributed by atoms with Crippen LogP contribution in [0, 0.1) is 10.1 Å². The van der Waals surface area contributed by atoms with E-state index >= 15 is 0 Å². The predicted molar refractivity (Wildman–Crippen MR) is 79.4 cm³/mol. The van der Waals surface area contributed by atoms with Crippen molar-refractivity contribution in [3.63, 3.8) is 0 Å². The van der Waals surface area contributed by atoms with Crippen molar-refractivity contribution in [2.24, 2.45) is 0 Å². The van der Waals surface area contributed by atoms with Gasteiger partial charge in [0.05, 0.1) is 4.92 Å². The summed E-state index contributed by atoms with van der Waals surface area (Å²) in [6.45, 7) is 1.80. The van der Waals surface area contributed by atoms with Crippen LogP contribution in [-0.2, 0) is 10.0 Å². The molecule has 0 spiro atoms. The topological polar surface area (TPSA) is 83.8 Å². The molecule has 0 N–H and O–H groups in total. The molecule has 1 fully saturated rings. The minimum atomic E-state index is -3.88. The highest BCUT2D eigenvalue weighted by molar-refractivity contribution is 7.89. The summed E-state index contributed by atoms with van der Waals surface area (Å²) in [6, 6.07) is 2.37. The molecule has 1 aliphatic rings. The molecule has 2 rings (SSSR count). The van der Waals surface area contributed by atoms with Gasteiger partial charge < -0.3 is 4.90 Å². The van der Waals surface area contributed by atoms with Crippen LogP contribution >= 0.6 is 23.2 Å². The first-order valence-corrected chi connectivity index (χ1v) is 8.26. The molecular formula is C11H13Cl2N3O4S. The summed E-state index contributed by atoms with van der Waals surface area (Å²) in [5, 5.41) is 10.3. The average Bonchev–Trinajstić information content (AvgIpc) is 2.38. The number of sulfonamides is 1. The zero-order valence-corrected chi connectivity index (χ0v) is 13.5. The number of hydrogen-bond acceptors (Lipinski definition) is 5. The Morgan fingerprint density at radius 2 is 1.76 bits per heavy atom. The van der Waals surface area contributed by atoms with E-state index < -0.39 is 25.7 Å². The smallest absolute Gasteiger partial charge is 0.304 e. The quantitative estimate of drug-likeness (QED) is 0.611. The molecule has 0 unspecified atom stereocenters. The number of nitro groups is 1. The molecule has 0 saturated carbocycles. The number of likely N-dealkylation sites (N-methyl/N-ethyl adjacent to an activating group) is 1. The summed E-state index contributed by atoms with van der Waals surface area (Å²) in [5.41, 5.74) is -0.589. The normalized spacial score (nSPS) is 17.9. The van der Waals surface area contributed by atoms with Crippen LogP contribution in [0.5, 0.6) is 0 Å². The van der Waals surface area contributed by atoms with Gasteiger partial charge in [0, 0.05) is 26.2 Å². The fraction of sp³-hybridized carbons (Fsp3) is 0.455. The first-order chi connectivity index (χ1) is 9.75. The molecule has 1 heterocycles. The van der Waals surface area contributed by atoms with Gasteiger partial charge in [-0.25, -0.2) is 8.42 Å². The molecule has 0 radical (unpaired) electrons. The monoisotopic (exact) mass is 353 g/mol. The summed E-state index contributed by atoms with van der Waals surface area (Å²) in [6.07, 6.45) is 0. The molecule has 0 amide bonds. The molecule has 0 aliphatic carbocycles. The largest absolute Gasteiger partial charge is 0.307 e. The molecule has 21 heavy (non-hydrogen) atoms. The van der Waals surface area contributed by atoms with E-state index in [2.05, 4.69) is 0 Å². The number of piperazine rings is 1. The van der Waals surface area contributed by atoms with Gasteiger partial charge in [0.15, 0.2) is 0 Å². The van der Waals surface area contributed by atoms with E-state index in [9.17, 15) is 18.5 Å². The Labute approximate surface area is 132 Å². The van der Waals surface area contributed by atoms with Crippen LogP contribution < -0.4 is 0 Å². The Morgan fingerprint density at radius 3 is 2.29 bits per heavy atom. The molecule has 10 heteroatoms. The maximum absolute atomic E-state index is 12.6. The average molecular weight is 354 g/mol. The Hall–Kier alpha value is -0.930. The van der Waals surface area contributed by atoms with Gasteiger partial charge in [-0.3, -0.25) is 10.1 Å². The maximum atomic E-state index is 12.6. The third-order valence-corrected chi connectivity index (χ3v) is 6.03. The summed E-state index contributed by atoms with van der Waals surface area (Å²) >= 11 is 11.6. The number of halogens is 2. The lowest BCUT2D eigenvalue weighted by Crippen LogP contribution is -2.47. The SMILES string of the molecule is CN1CCN(S(=O)(=O)c2ccc(Cl)c([N+](=O)[O-])c2Cl)CC1. The van der Waals surface area contributed by atoms with Gasteiger partial charge in [0.25, 0.3) is 0 Å². The van der Waals surface area contributed by atoms with Crippen LogP contribution in [0.3, 0.4) is 0 Å². The van der Waals surface area contributed by atoms with E-state index in [1.54, 1.807) is 0 Å². The zero-order chi connectivity index (χ0) is 15.8. The van der Waals surface area contributed by atoms with Crippen molar-refractivity contribution in [1.82, 2.24) is 9.21 Å². The van der Waals surface area contributed by atoms with Gasteiger partial charge in [-0.05, 0) is 19.2 Å². The Morgan fingerprint density at radius 1 is 1.19 bits per heavy atom. The fourth-order valence-corrected chi connectivity index (χ4v) is 4.34. The van der Waals surface area contributed by atoms with E-state index in [4.69, 9.17) is 23.2 Å². The highest BCUT2D eigenvalue weighted by Crippen LogP contribution is 2.38. The van der Waals surface area contributed by atoms with Crippen molar-refractivity contribution < 1.29 is 13.3 Å². The standard InChI is InChI=1S/C11H13Cl2N3O4S/c1-14-4-6-15(7-5-14)21(19,20)9-3-2-8(12)11(10(9)13)16(17)18/h2-3H,4-7H2,1H3. The summed E-state index contributed by atoms with van der Waals surface area (Å²) in [5.74, 6) is 0. The molecule has 1 aliphatic heterocycles. The van der Waals surface area contributed by atoms with Crippen molar-refractivity contribution in [2.75, 3.05) is 33.2 Å². The van der Waals surface area contributed by atoms with Crippen LogP contribution in [-0.4, -0.2) is 55.8 Å². The van der Waals surface area contributed by atoms with Gasteiger partial charge in [-0.2, -0.15) is 4.31 Å². The Kier molecular flexibility index (Phi) is 4.74. The lowest BCUT2D eigenvalue weighted by molar-refractivity contribution is -0.384. The molecule has 0 aromatic heterocycles. The zero-order valence-electron chi connectivity index (χ0n) is 11.1. The number of rotatable bonds is 3. The molecule has 0 bridgehead atoms. The van der Waals surface area contributed by atoms with Crippen LogP contribution in [0.4, 0.5) is 5.69 Å². The second-order valence-corrected chi connectivity index (χ2v) is 7.36. The van der Waals surface area contributed by atoms with E-state index in [-0.39, 0.29) is 9.92 Å². The summed E-state index contributed by atoms with van der Waals surface area (Å²) < 4.78 is 26.4. The van der Waals surface area contributed by atoms with Crippen LogP contribution in [0.1, 0.15) is 0 Å². The third kappa shape index (κ3) is 3.14. The summed E-state index contributed by atoms with van der Waals surface area (Å²) in [7, 11) is -1.98. The van der Waals surface area contributed by atoms with Gasteiger partial charge in [0.1, 0.15) is 14.9 Å². The molecule has 7 nitrogen and oxygen atoms in total. The molecular weight excluding hydrogens is 341 g/mol. The van der Waals surface area contributed by atoms with Gasteiger partial charge in [-0.1, -0.05) is 23.2 Å². The molecule has 116 valence electrons. The van der Waals surface area contributed by atoms with E-state index in [1.807, 2.05) is 11.9 Å². The Balaban J connectivity index is 2.46. The molecule has 0 atom stereocenters. The van der Waals surface area contributed by atoms with Crippen molar-refractivity contribution in [2.45, 2.75) is 4.90 Å². The molecule has 1 aromatic rings. The van der Waals surface area contributed by atoms with E-state index in [0.717, 1.165) is 0 Å². The van der Waals surface area contributed by atoms with Crippen molar-refractivity contribution >= 4 is 38.9 Å². The van der Waals surface area contributed by atoms with E-state index in [0.29, 0.717) is 26.2 Å². The first kappa shape index (κ1) is 16.4. The van der Waals surface area contributed by atoms with Crippen LogP contribution in [0.2, 0.25) is 10.0 Å². The fourth-order valence-electron chi connectivity index (χ4n) is 2.06. The number of nitrogens with zero attached hydrogens (tertiary/aromatic N) is 3. The molecule has 1 saturated heterocycles. The minimum Gasteiger partial charge on any atom is -0.304 e.